The van der Waals surface area contributed by atoms with Gasteiger partial charge in [0.05, 0.1) is 0 Å². The van der Waals surface area contributed by atoms with Crippen LogP contribution in [0.5, 0.6) is 5.75 Å². The van der Waals surface area contributed by atoms with Gasteiger partial charge in [-0.15, -0.1) is 12.3 Å². The summed E-state index contributed by atoms with van der Waals surface area (Å²) in [6.45, 7) is 1.24. The van der Waals surface area contributed by atoms with Crippen molar-refractivity contribution < 1.29 is 24.2 Å². The Balaban J connectivity index is 2.84. The Kier molecular flexibility index (Phi) is 5.30. The molecule has 0 radical (unpaired) electrons. The number of carboxylic acids is 1. The molecule has 1 rings (SSSR count). The fourth-order valence-corrected chi connectivity index (χ4v) is 1.43. The van der Waals surface area contributed by atoms with Crippen LogP contribution in [0.25, 0.3) is 0 Å². The molecule has 2 N–H and O–H groups in total. The number of esters is 1. The molecule has 0 saturated carbocycles. The van der Waals surface area contributed by atoms with Gasteiger partial charge in [-0.3, -0.25) is 9.59 Å². The Morgan fingerprint density at radius 3 is 2.70 bits per heavy atom. The SMILES string of the molecule is C#CC[C@@H](NC(=O)c1cccc(OC(C)=O)c1)C(=O)O. The predicted molar refractivity (Wildman–Crippen MR) is 70.1 cm³/mol. The van der Waals surface area contributed by atoms with E-state index >= 15 is 0 Å². The highest BCUT2D eigenvalue weighted by Crippen LogP contribution is 2.13. The molecule has 6 nitrogen and oxygen atoms in total. The second-order valence-electron chi connectivity index (χ2n) is 3.89. The highest BCUT2D eigenvalue weighted by Gasteiger charge is 2.19. The van der Waals surface area contributed by atoms with Crippen molar-refractivity contribution in [3.8, 4) is 18.1 Å². The molecule has 1 aromatic rings. The Hall–Kier alpha value is -2.81. The first kappa shape index (κ1) is 15.2. The normalized spacial score (nSPS) is 11.0. The number of nitrogens with one attached hydrogen (secondary N) is 1. The first-order valence-electron chi connectivity index (χ1n) is 5.69. The molecule has 0 aliphatic heterocycles. The minimum Gasteiger partial charge on any atom is -0.480 e. The van der Waals surface area contributed by atoms with Crippen LogP contribution >= 0.6 is 0 Å². The number of terminal acetylenes is 1. The summed E-state index contributed by atoms with van der Waals surface area (Å²) in [6.07, 6.45) is 4.92. The molecule has 1 aromatic carbocycles. The molecule has 0 aliphatic carbocycles. The molecule has 104 valence electrons. The molecular formula is C14H13NO5. The van der Waals surface area contributed by atoms with E-state index in [-0.39, 0.29) is 17.7 Å². The van der Waals surface area contributed by atoms with Gasteiger partial charge in [0.2, 0.25) is 0 Å². The summed E-state index contributed by atoms with van der Waals surface area (Å²) >= 11 is 0. The van der Waals surface area contributed by atoms with Crippen molar-refractivity contribution in [3.63, 3.8) is 0 Å². The Bertz CT molecular complexity index is 573. The lowest BCUT2D eigenvalue weighted by Crippen LogP contribution is -2.40. The van der Waals surface area contributed by atoms with Gasteiger partial charge in [-0.1, -0.05) is 6.07 Å². The summed E-state index contributed by atoms with van der Waals surface area (Å²) < 4.78 is 4.84. The molecule has 0 aliphatic rings. The second kappa shape index (κ2) is 6.95. The molecule has 20 heavy (non-hydrogen) atoms. The number of ether oxygens (including phenoxy) is 1. The molecular weight excluding hydrogens is 262 g/mol. The molecule has 0 unspecified atom stereocenters. The highest BCUT2D eigenvalue weighted by atomic mass is 16.5. The van der Waals surface area contributed by atoms with Gasteiger partial charge in [0.25, 0.3) is 5.91 Å². The number of carbonyl (C=O) groups excluding carboxylic acids is 2. The highest BCUT2D eigenvalue weighted by molar-refractivity contribution is 5.97. The number of rotatable bonds is 5. The van der Waals surface area contributed by atoms with Crippen LogP contribution in [-0.2, 0) is 9.59 Å². The maximum absolute atomic E-state index is 11.9. The van der Waals surface area contributed by atoms with Crippen molar-refractivity contribution >= 4 is 17.8 Å². The fraction of sp³-hybridized carbons (Fsp3) is 0.214. The van der Waals surface area contributed by atoms with Crippen LogP contribution in [0.3, 0.4) is 0 Å². The van der Waals surface area contributed by atoms with Gasteiger partial charge >= 0.3 is 11.9 Å². The second-order valence-corrected chi connectivity index (χ2v) is 3.89. The molecule has 0 bridgehead atoms. The van der Waals surface area contributed by atoms with Crippen molar-refractivity contribution in [1.29, 1.82) is 0 Å². The number of carboxylic acid groups (broad SMARTS) is 1. The van der Waals surface area contributed by atoms with E-state index in [4.69, 9.17) is 16.3 Å². The van der Waals surface area contributed by atoms with Crippen molar-refractivity contribution in [1.82, 2.24) is 5.32 Å². The summed E-state index contributed by atoms with van der Waals surface area (Å²) in [5.41, 5.74) is 0.173. The van der Waals surface area contributed by atoms with E-state index < -0.39 is 23.9 Å². The summed E-state index contributed by atoms with van der Waals surface area (Å²) in [6, 6.07) is 4.67. The summed E-state index contributed by atoms with van der Waals surface area (Å²) in [4.78, 5) is 33.6. The van der Waals surface area contributed by atoms with E-state index in [1.54, 1.807) is 0 Å². The third kappa shape index (κ3) is 4.46. The molecule has 1 amide bonds. The van der Waals surface area contributed by atoms with E-state index in [0.717, 1.165) is 0 Å². The summed E-state index contributed by atoms with van der Waals surface area (Å²) in [5.74, 6) is 0.0409. The quantitative estimate of drug-likeness (QED) is 0.471. The van der Waals surface area contributed by atoms with E-state index in [1.807, 2.05) is 0 Å². The molecule has 0 fully saturated rings. The number of carbonyl (C=O) groups is 3. The average molecular weight is 275 g/mol. The molecule has 0 saturated heterocycles. The smallest absolute Gasteiger partial charge is 0.327 e. The van der Waals surface area contributed by atoms with Crippen molar-refractivity contribution in [2.24, 2.45) is 0 Å². The van der Waals surface area contributed by atoms with Gasteiger partial charge in [0.15, 0.2) is 0 Å². The zero-order chi connectivity index (χ0) is 15.1. The van der Waals surface area contributed by atoms with Gasteiger partial charge in [-0.05, 0) is 18.2 Å². The third-order valence-electron chi connectivity index (χ3n) is 2.28. The first-order chi connectivity index (χ1) is 9.43. The maximum Gasteiger partial charge on any atom is 0.327 e. The molecule has 0 aromatic heterocycles. The molecule has 0 spiro atoms. The minimum atomic E-state index is -1.22. The van der Waals surface area contributed by atoms with Gasteiger partial charge in [-0.2, -0.15) is 0 Å². The topological polar surface area (TPSA) is 92.7 Å². The van der Waals surface area contributed by atoms with Crippen LogP contribution in [0.4, 0.5) is 0 Å². The van der Waals surface area contributed by atoms with Crippen LogP contribution in [0, 0.1) is 12.3 Å². The van der Waals surface area contributed by atoms with E-state index in [9.17, 15) is 14.4 Å². The third-order valence-corrected chi connectivity index (χ3v) is 2.28. The standard InChI is InChI=1S/C14H13NO5/c1-3-5-12(14(18)19)15-13(17)10-6-4-7-11(8-10)20-9(2)16/h1,4,6-8,12H,5H2,2H3,(H,15,17)(H,18,19)/t12-/m1/s1. The van der Waals surface area contributed by atoms with Gasteiger partial charge < -0.3 is 15.2 Å². The average Bonchev–Trinajstić information content (AvgIpc) is 2.37. The van der Waals surface area contributed by atoms with Crippen molar-refractivity contribution in [3.05, 3.63) is 29.8 Å². The predicted octanol–water partition coefficient (Wildman–Crippen LogP) is 0.818. The largest absolute Gasteiger partial charge is 0.480 e. The minimum absolute atomic E-state index is 0.120. The lowest BCUT2D eigenvalue weighted by molar-refractivity contribution is -0.139. The van der Waals surface area contributed by atoms with Crippen LogP contribution in [0.1, 0.15) is 23.7 Å². The van der Waals surface area contributed by atoms with Gasteiger partial charge in [0, 0.05) is 18.9 Å². The molecule has 6 heteroatoms. The van der Waals surface area contributed by atoms with Crippen LogP contribution in [0.2, 0.25) is 0 Å². The summed E-state index contributed by atoms with van der Waals surface area (Å²) in [7, 11) is 0. The van der Waals surface area contributed by atoms with Crippen molar-refractivity contribution in [2.45, 2.75) is 19.4 Å². The monoisotopic (exact) mass is 275 g/mol. The van der Waals surface area contributed by atoms with Crippen molar-refractivity contribution in [2.75, 3.05) is 0 Å². The number of hydrogen-bond donors (Lipinski definition) is 2. The van der Waals surface area contributed by atoms with Crippen LogP contribution < -0.4 is 10.1 Å². The lowest BCUT2D eigenvalue weighted by atomic mass is 10.1. The maximum atomic E-state index is 11.9. The number of hydrogen-bond acceptors (Lipinski definition) is 4. The van der Waals surface area contributed by atoms with Crippen LogP contribution in [-0.4, -0.2) is 29.0 Å². The molecule has 0 heterocycles. The Morgan fingerprint density at radius 1 is 1.45 bits per heavy atom. The van der Waals surface area contributed by atoms with Crippen LogP contribution in [0.15, 0.2) is 24.3 Å². The Morgan fingerprint density at radius 2 is 2.15 bits per heavy atom. The van der Waals surface area contributed by atoms with E-state index in [0.29, 0.717) is 0 Å². The fourth-order valence-electron chi connectivity index (χ4n) is 1.43. The van der Waals surface area contributed by atoms with Gasteiger partial charge in [0.1, 0.15) is 11.8 Å². The van der Waals surface area contributed by atoms with E-state index in [2.05, 4.69) is 11.2 Å². The number of aliphatic carboxylic acids is 1. The Labute approximate surface area is 115 Å². The van der Waals surface area contributed by atoms with Gasteiger partial charge in [-0.25, -0.2) is 4.79 Å². The summed E-state index contributed by atoms with van der Waals surface area (Å²) in [5, 5.41) is 11.2. The molecule has 1 atom stereocenters. The zero-order valence-electron chi connectivity index (χ0n) is 10.8. The van der Waals surface area contributed by atoms with E-state index in [1.165, 1.54) is 31.2 Å². The zero-order valence-corrected chi connectivity index (χ0v) is 10.8. The lowest BCUT2D eigenvalue weighted by Gasteiger charge is -2.12. The number of benzene rings is 1. The first-order valence-corrected chi connectivity index (χ1v) is 5.69. The number of amides is 1.